The van der Waals surface area contributed by atoms with E-state index in [2.05, 4.69) is 24.4 Å². The number of hydrogen-bond acceptors (Lipinski definition) is 4. The number of aromatic nitrogens is 1. The molecule has 0 saturated carbocycles. The topological polar surface area (TPSA) is 54.3 Å². The molecule has 5 nitrogen and oxygen atoms in total. The first-order chi connectivity index (χ1) is 11.6. The van der Waals surface area contributed by atoms with Gasteiger partial charge in [-0.25, -0.2) is 0 Å². The Hall–Kier alpha value is -1.92. The minimum absolute atomic E-state index is 0.0940. The van der Waals surface area contributed by atoms with E-state index < -0.39 is 0 Å². The number of carbonyl (C=O) groups excluding carboxylic acids is 1. The summed E-state index contributed by atoms with van der Waals surface area (Å²) in [6.45, 7) is 6.27. The number of rotatable bonds is 6. The van der Waals surface area contributed by atoms with Gasteiger partial charge in [0.1, 0.15) is 0 Å². The minimum Gasteiger partial charge on any atom is -0.312 e. The number of benzene rings is 1. The predicted molar refractivity (Wildman–Crippen MR) is 97.8 cm³/mol. The van der Waals surface area contributed by atoms with E-state index in [0.29, 0.717) is 13.0 Å². The van der Waals surface area contributed by atoms with Crippen molar-refractivity contribution >= 4 is 22.9 Å². The monoisotopic (exact) mass is 345 g/mol. The van der Waals surface area contributed by atoms with Gasteiger partial charge in [-0.05, 0) is 38.0 Å². The van der Waals surface area contributed by atoms with Crippen molar-refractivity contribution < 1.29 is 4.79 Å². The van der Waals surface area contributed by atoms with Gasteiger partial charge in [-0.1, -0.05) is 23.5 Å². The summed E-state index contributed by atoms with van der Waals surface area (Å²) in [6.07, 6.45) is 1.58. The van der Waals surface area contributed by atoms with Crippen LogP contribution < -0.4 is 15.1 Å². The summed E-state index contributed by atoms with van der Waals surface area (Å²) in [5.74, 6) is 0.208. The molecule has 1 aliphatic heterocycles. The molecular formula is C18H23N3O2S. The third-order valence-electron chi connectivity index (χ3n) is 4.52. The summed E-state index contributed by atoms with van der Waals surface area (Å²) in [5.41, 5.74) is 3.14. The fourth-order valence-electron chi connectivity index (χ4n) is 3.07. The van der Waals surface area contributed by atoms with Crippen LogP contribution in [0.4, 0.5) is 5.69 Å². The fourth-order valence-corrected chi connectivity index (χ4v) is 3.83. The quantitative estimate of drug-likeness (QED) is 0.876. The van der Waals surface area contributed by atoms with Gasteiger partial charge in [-0.3, -0.25) is 9.59 Å². The molecule has 128 valence electrons. The number of thiazole rings is 1. The molecule has 0 spiro atoms. The van der Waals surface area contributed by atoms with E-state index in [-0.39, 0.29) is 16.8 Å². The standard InChI is InChI=1S/C18H23N3O2S/c1-13-12-24-18(23)20(13)10-8-19-14(2)15-5-3-6-16(11-15)21-9-4-7-17(21)22/h3,5-6,11-12,14,19H,4,7-10H2,1-2H3/t14-/m1/s1. The lowest BCUT2D eigenvalue weighted by Gasteiger charge is -2.19. The third kappa shape index (κ3) is 3.60. The van der Waals surface area contributed by atoms with Gasteiger partial charge in [0.15, 0.2) is 0 Å². The first-order valence-electron chi connectivity index (χ1n) is 8.35. The van der Waals surface area contributed by atoms with Gasteiger partial charge < -0.3 is 14.8 Å². The number of carbonyl (C=O) groups is 1. The van der Waals surface area contributed by atoms with Crippen molar-refractivity contribution in [2.24, 2.45) is 0 Å². The number of nitrogens with zero attached hydrogens (tertiary/aromatic N) is 2. The highest BCUT2D eigenvalue weighted by atomic mass is 32.1. The van der Waals surface area contributed by atoms with E-state index in [4.69, 9.17) is 0 Å². The lowest BCUT2D eigenvalue weighted by atomic mass is 10.1. The molecule has 1 fully saturated rings. The van der Waals surface area contributed by atoms with Crippen LogP contribution in [0, 0.1) is 6.92 Å². The highest BCUT2D eigenvalue weighted by Crippen LogP contribution is 2.24. The maximum Gasteiger partial charge on any atom is 0.307 e. The Balaban J connectivity index is 1.62. The second-order valence-electron chi connectivity index (χ2n) is 6.21. The largest absolute Gasteiger partial charge is 0.312 e. The van der Waals surface area contributed by atoms with E-state index >= 15 is 0 Å². The normalized spacial score (nSPS) is 15.9. The van der Waals surface area contributed by atoms with E-state index in [1.165, 1.54) is 11.3 Å². The Labute approximate surface area is 145 Å². The summed E-state index contributed by atoms with van der Waals surface area (Å²) in [7, 11) is 0. The molecule has 1 N–H and O–H groups in total. The lowest BCUT2D eigenvalue weighted by molar-refractivity contribution is -0.117. The van der Waals surface area contributed by atoms with Crippen molar-refractivity contribution in [2.45, 2.75) is 39.3 Å². The summed E-state index contributed by atoms with van der Waals surface area (Å²) in [5, 5.41) is 5.35. The van der Waals surface area contributed by atoms with E-state index in [1.54, 1.807) is 4.57 Å². The zero-order valence-electron chi connectivity index (χ0n) is 14.1. The SMILES string of the molecule is Cc1csc(=O)n1CCN[C@H](C)c1cccc(N2CCCC2=O)c1. The zero-order valence-corrected chi connectivity index (χ0v) is 14.9. The van der Waals surface area contributed by atoms with Crippen molar-refractivity contribution in [2.75, 3.05) is 18.0 Å². The number of anilines is 1. The number of aryl methyl sites for hydroxylation is 1. The van der Waals surface area contributed by atoms with Crippen LogP contribution in [0.15, 0.2) is 34.4 Å². The van der Waals surface area contributed by atoms with Crippen molar-refractivity contribution in [3.05, 3.63) is 50.6 Å². The molecule has 1 atom stereocenters. The highest BCUT2D eigenvalue weighted by molar-refractivity contribution is 7.07. The van der Waals surface area contributed by atoms with Gasteiger partial charge in [-0.15, -0.1) is 0 Å². The van der Waals surface area contributed by atoms with Gasteiger partial charge in [0.25, 0.3) is 0 Å². The molecule has 0 radical (unpaired) electrons. The van der Waals surface area contributed by atoms with Crippen LogP contribution in [0.5, 0.6) is 0 Å². The molecule has 1 amide bonds. The van der Waals surface area contributed by atoms with Crippen LogP contribution in [0.25, 0.3) is 0 Å². The molecule has 0 bridgehead atoms. The molecule has 2 heterocycles. The Morgan fingerprint density at radius 3 is 2.83 bits per heavy atom. The average molecular weight is 345 g/mol. The number of amides is 1. The van der Waals surface area contributed by atoms with Gasteiger partial charge in [0.2, 0.25) is 5.91 Å². The van der Waals surface area contributed by atoms with E-state index in [0.717, 1.165) is 36.5 Å². The molecule has 1 aliphatic rings. The second-order valence-corrected chi connectivity index (χ2v) is 7.04. The third-order valence-corrected chi connectivity index (χ3v) is 5.40. The average Bonchev–Trinajstić information content (AvgIpc) is 3.14. The zero-order chi connectivity index (χ0) is 17.1. The Kier molecular flexibility index (Phi) is 5.16. The predicted octanol–water partition coefficient (Wildman–Crippen LogP) is 2.70. The highest BCUT2D eigenvalue weighted by Gasteiger charge is 2.22. The van der Waals surface area contributed by atoms with Gasteiger partial charge in [0, 0.05) is 48.9 Å². The lowest BCUT2D eigenvalue weighted by Crippen LogP contribution is -2.27. The summed E-state index contributed by atoms with van der Waals surface area (Å²) in [6, 6.07) is 8.32. The molecule has 3 rings (SSSR count). The molecule has 1 aromatic carbocycles. The van der Waals surface area contributed by atoms with Crippen LogP contribution in [-0.2, 0) is 11.3 Å². The summed E-state index contributed by atoms with van der Waals surface area (Å²) in [4.78, 5) is 25.6. The maximum atomic E-state index is 11.9. The van der Waals surface area contributed by atoms with Gasteiger partial charge in [0.05, 0.1) is 0 Å². The van der Waals surface area contributed by atoms with Crippen molar-refractivity contribution in [1.29, 1.82) is 0 Å². The molecular weight excluding hydrogens is 322 g/mol. The molecule has 24 heavy (non-hydrogen) atoms. The van der Waals surface area contributed by atoms with Crippen LogP contribution >= 0.6 is 11.3 Å². The van der Waals surface area contributed by atoms with Crippen LogP contribution in [0.1, 0.15) is 37.1 Å². The van der Waals surface area contributed by atoms with E-state index in [9.17, 15) is 9.59 Å². The molecule has 2 aromatic rings. The van der Waals surface area contributed by atoms with Gasteiger partial charge >= 0.3 is 4.87 Å². The summed E-state index contributed by atoms with van der Waals surface area (Å²) >= 11 is 1.24. The Bertz CT molecular complexity index is 781. The Morgan fingerprint density at radius 1 is 1.33 bits per heavy atom. The molecule has 0 aliphatic carbocycles. The molecule has 6 heteroatoms. The van der Waals surface area contributed by atoms with Crippen LogP contribution in [0.2, 0.25) is 0 Å². The van der Waals surface area contributed by atoms with Crippen molar-refractivity contribution in [1.82, 2.24) is 9.88 Å². The fraction of sp³-hybridized carbons (Fsp3) is 0.444. The van der Waals surface area contributed by atoms with Crippen LogP contribution in [0.3, 0.4) is 0 Å². The number of nitrogens with one attached hydrogen (secondary N) is 1. The molecule has 1 saturated heterocycles. The van der Waals surface area contributed by atoms with Gasteiger partial charge in [-0.2, -0.15) is 0 Å². The molecule has 0 unspecified atom stereocenters. The summed E-state index contributed by atoms with van der Waals surface area (Å²) < 4.78 is 1.80. The first-order valence-corrected chi connectivity index (χ1v) is 9.23. The smallest absolute Gasteiger partial charge is 0.307 e. The van der Waals surface area contributed by atoms with E-state index in [1.807, 2.05) is 29.3 Å². The second kappa shape index (κ2) is 7.32. The Morgan fingerprint density at radius 2 is 2.17 bits per heavy atom. The van der Waals surface area contributed by atoms with Crippen LogP contribution in [-0.4, -0.2) is 23.6 Å². The number of hydrogen-bond donors (Lipinski definition) is 1. The first kappa shape index (κ1) is 16.9. The minimum atomic E-state index is 0.0940. The van der Waals surface area contributed by atoms with Crippen molar-refractivity contribution in [3.63, 3.8) is 0 Å². The molecule has 1 aromatic heterocycles. The van der Waals surface area contributed by atoms with Crippen molar-refractivity contribution in [3.8, 4) is 0 Å². The maximum absolute atomic E-state index is 11.9.